The summed E-state index contributed by atoms with van der Waals surface area (Å²) >= 11 is 0. The number of ketones is 1. The van der Waals surface area contributed by atoms with Crippen LogP contribution in [0.2, 0.25) is 0 Å². The molecule has 45 heavy (non-hydrogen) atoms. The lowest BCUT2D eigenvalue weighted by atomic mass is 9.85. The molecule has 2 aliphatic heterocycles. The molecule has 0 radical (unpaired) electrons. The highest BCUT2D eigenvalue weighted by molar-refractivity contribution is 7.89. The van der Waals surface area contributed by atoms with Crippen molar-refractivity contribution in [1.82, 2.24) is 30.5 Å². The van der Waals surface area contributed by atoms with Gasteiger partial charge in [0.25, 0.3) is 5.91 Å². The summed E-state index contributed by atoms with van der Waals surface area (Å²) in [6, 6.07) is -3.89. The topological polar surface area (TPSA) is 174 Å². The van der Waals surface area contributed by atoms with Crippen molar-refractivity contribution >= 4 is 39.6 Å². The number of hydrogen-bond acceptors (Lipinski definition) is 7. The first-order valence-corrected chi connectivity index (χ1v) is 17.8. The highest BCUT2D eigenvalue weighted by Gasteiger charge is 2.70. The van der Waals surface area contributed by atoms with E-state index in [4.69, 9.17) is 0 Å². The van der Waals surface area contributed by atoms with Gasteiger partial charge in [-0.1, -0.05) is 61.3 Å². The van der Waals surface area contributed by atoms with Gasteiger partial charge < -0.3 is 26.2 Å². The molecule has 0 aromatic carbocycles. The minimum Gasteiger partial charge on any atom is -0.353 e. The minimum absolute atomic E-state index is 0.0718. The Balaban J connectivity index is 1.51. The van der Waals surface area contributed by atoms with Gasteiger partial charge in [-0.25, -0.2) is 13.2 Å². The number of urea groups is 1. The van der Waals surface area contributed by atoms with E-state index < -0.39 is 69.1 Å². The predicted molar refractivity (Wildman–Crippen MR) is 168 cm³/mol. The molecule has 13 nitrogen and oxygen atoms in total. The molecule has 5 amide bonds. The number of fused-ring (bicyclic) bond motifs is 1. The quantitative estimate of drug-likeness (QED) is 0.226. The zero-order valence-electron chi connectivity index (χ0n) is 27.9. The molecule has 254 valence electrons. The van der Waals surface area contributed by atoms with Crippen LogP contribution in [0.1, 0.15) is 74.1 Å². The van der Waals surface area contributed by atoms with Crippen LogP contribution in [0.3, 0.4) is 0 Å². The third-order valence-corrected chi connectivity index (χ3v) is 12.1. The summed E-state index contributed by atoms with van der Waals surface area (Å²) in [5.41, 5.74) is -0.912. The summed E-state index contributed by atoms with van der Waals surface area (Å²) in [6.07, 6.45) is 2.79. The second-order valence-electron chi connectivity index (χ2n) is 15.4. The van der Waals surface area contributed by atoms with Crippen LogP contribution in [-0.2, 0) is 29.2 Å². The Morgan fingerprint density at radius 3 is 2.16 bits per heavy atom. The van der Waals surface area contributed by atoms with Crippen LogP contribution in [0.25, 0.3) is 0 Å². The Morgan fingerprint density at radius 1 is 1.00 bits per heavy atom. The van der Waals surface area contributed by atoms with Crippen LogP contribution in [0.15, 0.2) is 0 Å². The number of carbonyl (C=O) groups excluding carboxylic acids is 5. The maximum atomic E-state index is 14.2. The number of hydrogen-bond donors (Lipinski definition) is 4. The molecule has 0 spiro atoms. The lowest BCUT2D eigenvalue weighted by Gasteiger charge is -2.38. The van der Waals surface area contributed by atoms with E-state index in [1.165, 1.54) is 16.3 Å². The number of amides is 5. The molecule has 0 aromatic heterocycles. The first kappa shape index (κ1) is 35.1. The number of carbonyl (C=O) groups is 5. The fourth-order valence-corrected chi connectivity index (χ4v) is 8.51. The highest BCUT2D eigenvalue weighted by Crippen LogP contribution is 2.65. The summed E-state index contributed by atoms with van der Waals surface area (Å²) in [7, 11) is -1.98. The molecule has 14 heteroatoms. The second-order valence-corrected chi connectivity index (χ2v) is 17.5. The highest BCUT2D eigenvalue weighted by atomic mass is 32.2. The van der Waals surface area contributed by atoms with E-state index in [0.717, 1.165) is 12.8 Å². The Morgan fingerprint density at radius 2 is 1.64 bits per heavy atom. The number of piperidine rings is 1. The number of likely N-dealkylation sites (N-methyl/N-ethyl adjacent to an activating group) is 1. The molecule has 1 unspecified atom stereocenters. The zero-order chi connectivity index (χ0) is 33.6. The molecule has 2 saturated heterocycles. The number of rotatable bonds is 12. The first-order valence-electron chi connectivity index (χ1n) is 16.2. The summed E-state index contributed by atoms with van der Waals surface area (Å²) in [4.78, 5) is 68.1. The van der Waals surface area contributed by atoms with E-state index in [2.05, 4.69) is 35.1 Å². The lowest BCUT2D eigenvalue weighted by Crippen LogP contribution is -2.62. The average Bonchev–Trinajstić information content (AvgIpc) is 3.73. The maximum Gasteiger partial charge on any atom is 0.315 e. The Bertz CT molecular complexity index is 1310. The molecule has 4 rings (SSSR count). The van der Waals surface area contributed by atoms with E-state index in [-0.39, 0.29) is 41.4 Å². The molecule has 0 bridgehead atoms. The number of likely N-dealkylation sites (tertiary alicyclic amines) is 1. The van der Waals surface area contributed by atoms with E-state index in [9.17, 15) is 32.4 Å². The van der Waals surface area contributed by atoms with E-state index in [1.54, 1.807) is 0 Å². The average molecular weight is 653 g/mol. The van der Waals surface area contributed by atoms with Gasteiger partial charge in [-0.15, -0.1) is 0 Å². The van der Waals surface area contributed by atoms with Crippen molar-refractivity contribution in [2.24, 2.45) is 34.5 Å². The summed E-state index contributed by atoms with van der Waals surface area (Å²) in [5.74, 6) is -2.09. The molecule has 0 aromatic rings. The number of sulfonamides is 1. The third kappa shape index (κ3) is 7.64. The minimum atomic E-state index is -3.35. The Hall–Kier alpha value is -2.74. The van der Waals surface area contributed by atoms with Gasteiger partial charge in [0, 0.05) is 32.7 Å². The van der Waals surface area contributed by atoms with Crippen molar-refractivity contribution in [3.05, 3.63) is 0 Å². The molecular weight excluding hydrogens is 600 g/mol. The molecular formula is C31H52N6O7S. The van der Waals surface area contributed by atoms with Crippen LogP contribution >= 0.6 is 0 Å². The number of nitrogens with zero attached hydrogens (tertiary/aromatic N) is 2. The van der Waals surface area contributed by atoms with Gasteiger partial charge in [0.2, 0.25) is 27.6 Å². The standard InChI is InChI=1S/C31H52N6O7S/c1-17(2)21(16-36-12-9-13-45(36,43)44)34-29(42)35-25(30(3,4)5)28(41)37-15-19-22(31(19,6)7)23(37)26(39)33-20(14-18-10-11-18)24(38)27(40)32-8/h17-23,25H,9-16H2,1-8H3,(H,32,40)(H,33,39)(H2,34,35,42)/t19-,20?,21+,22-,23-,25+/m0/s1. The maximum absolute atomic E-state index is 14.2. The molecule has 2 aliphatic carbocycles. The molecule has 6 atom stereocenters. The zero-order valence-corrected chi connectivity index (χ0v) is 28.8. The van der Waals surface area contributed by atoms with E-state index in [1.807, 2.05) is 34.6 Å². The predicted octanol–water partition coefficient (Wildman–Crippen LogP) is 0.843. The van der Waals surface area contributed by atoms with Crippen LogP contribution in [0, 0.1) is 34.5 Å². The Kier molecular flexibility index (Phi) is 10.00. The summed E-state index contributed by atoms with van der Waals surface area (Å²) in [5, 5.41) is 10.9. The largest absolute Gasteiger partial charge is 0.353 e. The lowest BCUT2D eigenvalue weighted by molar-refractivity contribution is -0.145. The monoisotopic (exact) mass is 652 g/mol. The van der Waals surface area contributed by atoms with Gasteiger partial charge in [0.1, 0.15) is 12.1 Å². The number of nitrogens with one attached hydrogen (secondary N) is 4. The van der Waals surface area contributed by atoms with Crippen molar-refractivity contribution < 1.29 is 32.4 Å². The number of Topliss-reactive ketones (excluding diaryl/α,β-unsaturated/α-hetero) is 1. The molecule has 2 heterocycles. The fraction of sp³-hybridized carbons (Fsp3) is 0.839. The first-order chi connectivity index (χ1) is 20.8. The van der Waals surface area contributed by atoms with Gasteiger partial charge in [0.15, 0.2) is 0 Å². The summed E-state index contributed by atoms with van der Waals surface area (Å²) < 4.78 is 26.2. The molecule has 4 fully saturated rings. The second kappa shape index (κ2) is 12.8. The van der Waals surface area contributed by atoms with Crippen molar-refractivity contribution in [2.75, 3.05) is 32.4 Å². The van der Waals surface area contributed by atoms with E-state index in [0.29, 0.717) is 25.9 Å². The summed E-state index contributed by atoms with van der Waals surface area (Å²) in [6.45, 7) is 14.3. The molecule has 4 aliphatic rings. The van der Waals surface area contributed by atoms with Crippen molar-refractivity contribution in [1.29, 1.82) is 0 Å². The Labute approximate surface area is 267 Å². The van der Waals surface area contributed by atoms with Crippen molar-refractivity contribution in [3.8, 4) is 0 Å². The van der Waals surface area contributed by atoms with E-state index >= 15 is 0 Å². The van der Waals surface area contributed by atoms with Gasteiger partial charge in [0.05, 0.1) is 11.8 Å². The smallest absolute Gasteiger partial charge is 0.315 e. The van der Waals surface area contributed by atoms with Gasteiger partial charge in [-0.2, -0.15) is 4.31 Å². The van der Waals surface area contributed by atoms with Crippen LogP contribution in [-0.4, -0.2) is 104 Å². The molecule has 4 N–H and O–H groups in total. The fourth-order valence-electron chi connectivity index (χ4n) is 6.96. The van der Waals surface area contributed by atoms with Gasteiger partial charge >= 0.3 is 6.03 Å². The third-order valence-electron chi connectivity index (χ3n) is 10.2. The van der Waals surface area contributed by atoms with Crippen LogP contribution in [0.5, 0.6) is 0 Å². The normalized spacial score (nSPS) is 27.2. The SMILES string of the molecule is CNC(=O)C(=O)C(CC1CC1)NC(=O)[C@@H]1[C@@H]2[C@H](CN1C(=O)[C@@H](NC(=O)N[C@H](CN1CCCS1(=O)=O)C(C)C)C(C)(C)C)C2(C)C. The van der Waals surface area contributed by atoms with Gasteiger partial charge in [-0.3, -0.25) is 19.2 Å². The van der Waals surface area contributed by atoms with Crippen molar-refractivity contribution in [3.63, 3.8) is 0 Å². The van der Waals surface area contributed by atoms with Gasteiger partial charge in [-0.05, 0) is 47.3 Å². The van der Waals surface area contributed by atoms with Crippen LogP contribution in [0.4, 0.5) is 4.79 Å². The molecule has 2 saturated carbocycles. The van der Waals surface area contributed by atoms with Crippen LogP contribution < -0.4 is 21.3 Å². The van der Waals surface area contributed by atoms with Crippen molar-refractivity contribution in [2.45, 2.75) is 98.3 Å².